The van der Waals surface area contributed by atoms with Crippen molar-refractivity contribution in [2.75, 3.05) is 29.1 Å². The first-order valence-electron chi connectivity index (χ1n) is 8.86. The number of fused-ring (bicyclic) bond motifs is 1. The third kappa shape index (κ3) is 4.61. The summed E-state index contributed by atoms with van der Waals surface area (Å²) in [6.45, 7) is 1.93. The standard InChI is InChI=1S/C18H16F3N5OS2/c19-18(20,21)11-4-3-5-12(8-11)24-13(27)9-28-16-14-15(22-10-23-16)25-17(29-14)26-6-1-2-7-26/h3-5,8,10H,1-2,6-7,9H2,(H,24,27). The summed E-state index contributed by atoms with van der Waals surface area (Å²) in [4.78, 5) is 27.4. The van der Waals surface area contributed by atoms with Crippen molar-refractivity contribution in [1.82, 2.24) is 15.0 Å². The molecule has 0 aliphatic carbocycles. The van der Waals surface area contributed by atoms with Crippen molar-refractivity contribution in [1.29, 1.82) is 0 Å². The Kier molecular flexibility index (Phi) is 5.59. The number of halogens is 3. The van der Waals surface area contributed by atoms with Crippen molar-refractivity contribution in [2.45, 2.75) is 24.0 Å². The van der Waals surface area contributed by atoms with Crippen LogP contribution in [-0.4, -0.2) is 39.7 Å². The fourth-order valence-electron chi connectivity index (χ4n) is 2.97. The lowest BCUT2D eigenvalue weighted by Gasteiger charge is -2.11. The van der Waals surface area contributed by atoms with Crippen molar-refractivity contribution < 1.29 is 18.0 Å². The van der Waals surface area contributed by atoms with E-state index in [0.29, 0.717) is 10.7 Å². The number of nitrogens with zero attached hydrogens (tertiary/aromatic N) is 4. The summed E-state index contributed by atoms with van der Waals surface area (Å²) < 4.78 is 39.2. The number of nitrogens with one attached hydrogen (secondary N) is 1. The van der Waals surface area contributed by atoms with Crippen molar-refractivity contribution in [3.63, 3.8) is 0 Å². The topological polar surface area (TPSA) is 71.0 Å². The molecular formula is C18H16F3N5OS2. The molecule has 3 heterocycles. The molecule has 0 spiro atoms. The van der Waals surface area contributed by atoms with Gasteiger partial charge in [0.1, 0.15) is 16.1 Å². The average Bonchev–Trinajstić information content (AvgIpc) is 3.35. The number of benzene rings is 1. The minimum atomic E-state index is -4.46. The average molecular weight is 439 g/mol. The van der Waals surface area contributed by atoms with Gasteiger partial charge in [-0.25, -0.2) is 9.97 Å². The molecule has 1 aliphatic rings. The normalized spacial score (nSPS) is 14.5. The predicted molar refractivity (Wildman–Crippen MR) is 107 cm³/mol. The van der Waals surface area contributed by atoms with E-state index >= 15 is 0 Å². The van der Waals surface area contributed by atoms with E-state index in [2.05, 4.69) is 25.2 Å². The minimum absolute atomic E-state index is 0.0132. The molecule has 29 heavy (non-hydrogen) atoms. The van der Waals surface area contributed by atoms with Crippen LogP contribution in [0, 0.1) is 0 Å². The molecule has 0 radical (unpaired) electrons. The molecule has 0 bridgehead atoms. The predicted octanol–water partition coefficient (Wildman–Crippen LogP) is 4.44. The largest absolute Gasteiger partial charge is 0.416 e. The molecule has 4 rings (SSSR count). The molecule has 1 amide bonds. The van der Waals surface area contributed by atoms with E-state index in [4.69, 9.17) is 0 Å². The first-order valence-corrected chi connectivity index (χ1v) is 10.7. The van der Waals surface area contributed by atoms with Crippen molar-refractivity contribution in [3.05, 3.63) is 36.2 Å². The molecule has 11 heteroatoms. The van der Waals surface area contributed by atoms with Gasteiger partial charge in [0.05, 0.1) is 11.3 Å². The van der Waals surface area contributed by atoms with Crippen LogP contribution in [-0.2, 0) is 11.0 Å². The maximum absolute atomic E-state index is 12.8. The number of aromatic nitrogens is 3. The van der Waals surface area contributed by atoms with Crippen molar-refractivity contribution in [3.8, 4) is 0 Å². The number of carbonyl (C=O) groups is 1. The van der Waals surface area contributed by atoms with Gasteiger partial charge in [0.15, 0.2) is 10.8 Å². The van der Waals surface area contributed by atoms with Crippen LogP contribution in [0.4, 0.5) is 24.0 Å². The number of hydrogen-bond acceptors (Lipinski definition) is 7. The van der Waals surface area contributed by atoms with Crippen LogP contribution >= 0.6 is 23.1 Å². The molecule has 1 aromatic carbocycles. The van der Waals surface area contributed by atoms with Crippen LogP contribution < -0.4 is 10.2 Å². The van der Waals surface area contributed by atoms with Gasteiger partial charge in [0.25, 0.3) is 0 Å². The molecule has 1 fully saturated rings. The first kappa shape index (κ1) is 19.9. The van der Waals surface area contributed by atoms with E-state index in [1.54, 1.807) is 0 Å². The van der Waals surface area contributed by atoms with Gasteiger partial charge in [0, 0.05) is 18.8 Å². The lowest BCUT2D eigenvalue weighted by atomic mass is 10.2. The molecule has 152 valence electrons. The minimum Gasteiger partial charge on any atom is -0.348 e. The molecular weight excluding hydrogens is 423 g/mol. The lowest BCUT2D eigenvalue weighted by Crippen LogP contribution is -2.16. The number of alkyl halides is 3. The Morgan fingerprint density at radius 1 is 1.24 bits per heavy atom. The van der Waals surface area contributed by atoms with Gasteiger partial charge in [-0.15, -0.1) is 0 Å². The highest BCUT2D eigenvalue weighted by Crippen LogP contribution is 2.35. The fourth-order valence-corrected chi connectivity index (χ4v) is 4.92. The van der Waals surface area contributed by atoms with Gasteiger partial charge in [-0.1, -0.05) is 29.2 Å². The Morgan fingerprint density at radius 3 is 2.79 bits per heavy atom. The Hall–Kier alpha value is -2.40. The number of amides is 1. The smallest absolute Gasteiger partial charge is 0.348 e. The highest BCUT2D eigenvalue weighted by atomic mass is 32.2. The summed E-state index contributed by atoms with van der Waals surface area (Å²) in [6, 6.07) is 4.56. The number of rotatable bonds is 5. The Labute approximate surface area is 172 Å². The monoisotopic (exact) mass is 439 g/mol. The molecule has 3 aromatic rings. The molecule has 6 nitrogen and oxygen atoms in total. The lowest BCUT2D eigenvalue weighted by molar-refractivity contribution is -0.137. The van der Waals surface area contributed by atoms with E-state index in [9.17, 15) is 18.0 Å². The van der Waals surface area contributed by atoms with E-state index in [1.807, 2.05) is 0 Å². The Balaban J connectivity index is 1.43. The SMILES string of the molecule is O=C(CSc1ncnc2nc(N3CCCC3)sc12)Nc1cccc(C(F)(F)F)c1. The van der Waals surface area contributed by atoms with Crippen LogP contribution in [0.5, 0.6) is 0 Å². The van der Waals surface area contributed by atoms with Crippen molar-refractivity contribution >= 4 is 50.2 Å². The summed E-state index contributed by atoms with van der Waals surface area (Å²) in [5, 5.41) is 4.03. The van der Waals surface area contributed by atoms with Crippen molar-refractivity contribution in [2.24, 2.45) is 0 Å². The van der Waals surface area contributed by atoms with Crippen LogP contribution in [0.3, 0.4) is 0 Å². The van der Waals surface area contributed by atoms with Crippen LogP contribution in [0.1, 0.15) is 18.4 Å². The Morgan fingerprint density at radius 2 is 2.03 bits per heavy atom. The van der Waals surface area contributed by atoms with Gasteiger partial charge in [-0.2, -0.15) is 18.2 Å². The second kappa shape index (κ2) is 8.15. The first-order chi connectivity index (χ1) is 13.9. The van der Waals surface area contributed by atoms with E-state index in [1.165, 1.54) is 41.6 Å². The van der Waals surface area contributed by atoms with Crippen LogP contribution in [0.25, 0.3) is 10.3 Å². The third-order valence-electron chi connectivity index (χ3n) is 4.34. The van der Waals surface area contributed by atoms with Gasteiger partial charge >= 0.3 is 6.18 Å². The molecule has 1 N–H and O–H groups in total. The molecule has 1 aliphatic heterocycles. The maximum atomic E-state index is 12.8. The zero-order valence-corrected chi connectivity index (χ0v) is 16.7. The number of carbonyl (C=O) groups excluding carboxylic acids is 1. The van der Waals surface area contributed by atoms with Gasteiger partial charge in [-0.05, 0) is 31.0 Å². The van der Waals surface area contributed by atoms with Gasteiger partial charge in [-0.3, -0.25) is 4.79 Å². The highest BCUT2D eigenvalue weighted by Gasteiger charge is 2.30. The number of anilines is 2. The number of thioether (sulfide) groups is 1. The fraction of sp³-hybridized carbons (Fsp3) is 0.333. The number of thiazole rings is 1. The van der Waals surface area contributed by atoms with Gasteiger partial charge < -0.3 is 10.2 Å². The molecule has 0 saturated carbocycles. The molecule has 0 unspecified atom stereocenters. The maximum Gasteiger partial charge on any atom is 0.416 e. The second-order valence-electron chi connectivity index (χ2n) is 6.44. The third-order valence-corrected chi connectivity index (χ3v) is 6.57. The van der Waals surface area contributed by atoms with E-state index < -0.39 is 17.6 Å². The van der Waals surface area contributed by atoms with Gasteiger partial charge in [0.2, 0.25) is 5.91 Å². The van der Waals surface area contributed by atoms with E-state index in [-0.39, 0.29) is 11.4 Å². The summed E-state index contributed by atoms with van der Waals surface area (Å²) in [5.41, 5.74) is -0.111. The molecule has 1 saturated heterocycles. The van der Waals surface area contributed by atoms with E-state index in [0.717, 1.165) is 47.9 Å². The summed E-state index contributed by atoms with van der Waals surface area (Å²) in [7, 11) is 0. The molecule has 0 atom stereocenters. The van der Waals surface area contributed by atoms with Crippen LogP contribution in [0.15, 0.2) is 35.6 Å². The van der Waals surface area contributed by atoms with Crippen LogP contribution in [0.2, 0.25) is 0 Å². The molecule has 2 aromatic heterocycles. The quantitative estimate of drug-likeness (QED) is 0.468. The zero-order chi connectivity index (χ0) is 20.4. The second-order valence-corrected chi connectivity index (χ2v) is 8.38. The Bertz CT molecular complexity index is 1030. The highest BCUT2D eigenvalue weighted by molar-refractivity contribution is 8.00. The summed E-state index contributed by atoms with van der Waals surface area (Å²) in [6.07, 6.45) is -0.776. The zero-order valence-electron chi connectivity index (χ0n) is 15.1. The summed E-state index contributed by atoms with van der Waals surface area (Å²) in [5.74, 6) is -0.398. The number of hydrogen-bond donors (Lipinski definition) is 1. The summed E-state index contributed by atoms with van der Waals surface area (Å²) >= 11 is 2.70.